The Balaban J connectivity index is 3.88. The highest BCUT2D eigenvalue weighted by Crippen LogP contribution is 2.03. The third-order valence-corrected chi connectivity index (χ3v) is 1.87. The quantitative estimate of drug-likeness (QED) is 0.457. The Morgan fingerprint density at radius 3 is 2.00 bits per heavy atom. The van der Waals surface area contributed by atoms with E-state index in [1.54, 1.807) is 4.90 Å². The van der Waals surface area contributed by atoms with Crippen molar-refractivity contribution in [3.8, 4) is 0 Å². The summed E-state index contributed by atoms with van der Waals surface area (Å²) in [4.78, 5) is 1.81. The molecule has 10 heavy (non-hydrogen) atoms. The van der Waals surface area contributed by atoms with Crippen molar-refractivity contribution in [2.75, 3.05) is 7.05 Å². The zero-order chi connectivity index (χ0) is 8.15. The minimum absolute atomic E-state index is 0.161. The van der Waals surface area contributed by atoms with E-state index < -0.39 is 0 Å². The molecule has 0 saturated heterocycles. The van der Waals surface area contributed by atoms with E-state index in [9.17, 15) is 0 Å². The number of hydrogen-bond acceptors (Lipinski definition) is 1. The molecule has 3 heteroatoms. The minimum atomic E-state index is 0.161. The van der Waals surface area contributed by atoms with Crippen molar-refractivity contribution < 1.29 is 0 Å². The van der Waals surface area contributed by atoms with Gasteiger partial charge in [-0.1, -0.05) is 13.8 Å². The first-order valence-electron chi connectivity index (χ1n) is 3.70. The van der Waals surface area contributed by atoms with Crippen molar-refractivity contribution in [3.63, 3.8) is 0 Å². The summed E-state index contributed by atoms with van der Waals surface area (Å²) in [5.41, 5.74) is 5.30. The molecule has 0 bridgehead atoms. The number of nitrogens with zero attached hydrogens (tertiary/aromatic N) is 1. The fraction of sp³-hybridized carbons (Fsp3) is 0.857. The zero-order valence-corrected chi connectivity index (χ0v) is 7.02. The largest absolute Gasteiger partial charge is 0.370 e. The summed E-state index contributed by atoms with van der Waals surface area (Å²) < 4.78 is 0. The molecule has 0 aromatic heterocycles. The second-order valence-electron chi connectivity index (χ2n) is 2.47. The van der Waals surface area contributed by atoms with Crippen LogP contribution in [0.3, 0.4) is 0 Å². The molecule has 3 nitrogen and oxygen atoms in total. The Morgan fingerprint density at radius 2 is 1.90 bits per heavy atom. The van der Waals surface area contributed by atoms with Crippen molar-refractivity contribution in [2.24, 2.45) is 5.73 Å². The highest BCUT2D eigenvalue weighted by molar-refractivity contribution is 5.74. The molecule has 0 fully saturated rings. The van der Waals surface area contributed by atoms with Crippen molar-refractivity contribution in [1.82, 2.24) is 4.90 Å². The van der Waals surface area contributed by atoms with Crippen LogP contribution in [0.4, 0.5) is 0 Å². The van der Waals surface area contributed by atoms with Crippen LogP contribution in [-0.2, 0) is 0 Å². The first-order valence-corrected chi connectivity index (χ1v) is 3.70. The number of nitrogens with two attached hydrogens (primary N) is 1. The summed E-state index contributed by atoms with van der Waals surface area (Å²) in [6, 6.07) is 0.428. The van der Waals surface area contributed by atoms with E-state index >= 15 is 0 Å². The molecule has 0 heterocycles. The maximum atomic E-state index is 7.14. The van der Waals surface area contributed by atoms with Crippen LogP contribution in [0.2, 0.25) is 0 Å². The molecule has 0 radical (unpaired) electrons. The second-order valence-corrected chi connectivity index (χ2v) is 2.47. The molecule has 0 aromatic rings. The van der Waals surface area contributed by atoms with E-state index in [0.29, 0.717) is 6.04 Å². The molecule has 0 aromatic carbocycles. The zero-order valence-electron chi connectivity index (χ0n) is 7.02. The number of guanidine groups is 1. The van der Waals surface area contributed by atoms with Gasteiger partial charge in [0.1, 0.15) is 0 Å². The molecular formula is C7H17N3. The SMILES string of the molecule is CCC(CC)N(C)C(=N)N. The van der Waals surface area contributed by atoms with E-state index in [0.717, 1.165) is 12.8 Å². The van der Waals surface area contributed by atoms with Crippen molar-refractivity contribution >= 4 is 5.96 Å². The van der Waals surface area contributed by atoms with E-state index in [2.05, 4.69) is 13.8 Å². The summed E-state index contributed by atoms with van der Waals surface area (Å²) in [5, 5.41) is 7.14. The topological polar surface area (TPSA) is 53.1 Å². The van der Waals surface area contributed by atoms with Gasteiger partial charge in [-0.25, -0.2) is 0 Å². The van der Waals surface area contributed by atoms with Gasteiger partial charge in [-0.05, 0) is 12.8 Å². The lowest BCUT2D eigenvalue weighted by atomic mass is 10.1. The van der Waals surface area contributed by atoms with Crippen LogP contribution in [0.15, 0.2) is 0 Å². The van der Waals surface area contributed by atoms with E-state index in [4.69, 9.17) is 11.1 Å². The first kappa shape index (κ1) is 9.27. The Hall–Kier alpha value is -0.730. The van der Waals surface area contributed by atoms with E-state index in [1.165, 1.54) is 0 Å². The maximum Gasteiger partial charge on any atom is 0.188 e. The predicted molar refractivity (Wildman–Crippen MR) is 44.0 cm³/mol. The third kappa shape index (κ3) is 2.25. The van der Waals surface area contributed by atoms with Gasteiger partial charge in [-0.2, -0.15) is 0 Å². The van der Waals surface area contributed by atoms with Gasteiger partial charge in [-0.15, -0.1) is 0 Å². The van der Waals surface area contributed by atoms with Crippen LogP contribution in [0, 0.1) is 5.41 Å². The van der Waals surface area contributed by atoms with E-state index in [1.807, 2.05) is 7.05 Å². The van der Waals surface area contributed by atoms with Gasteiger partial charge in [-0.3, -0.25) is 5.41 Å². The fourth-order valence-corrected chi connectivity index (χ4v) is 1.03. The molecule has 0 aliphatic carbocycles. The van der Waals surface area contributed by atoms with Gasteiger partial charge < -0.3 is 10.6 Å². The van der Waals surface area contributed by atoms with Gasteiger partial charge in [0.05, 0.1) is 0 Å². The summed E-state index contributed by atoms with van der Waals surface area (Å²) >= 11 is 0. The molecule has 0 rings (SSSR count). The van der Waals surface area contributed by atoms with Crippen LogP contribution in [0.1, 0.15) is 26.7 Å². The molecule has 0 aliphatic heterocycles. The van der Waals surface area contributed by atoms with Gasteiger partial charge in [0.25, 0.3) is 0 Å². The van der Waals surface area contributed by atoms with Gasteiger partial charge in [0.2, 0.25) is 0 Å². The number of nitrogens with one attached hydrogen (secondary N) is 1. The van der Waals surface area contributed by atoms with Gasteiger partial charge in [0, 0.05) is 13.1 Å². The molecule has 60 valence electrons. The summed E-state index contributed by atoms with van der Waals surface area (Å²) in [5.74, 6) is 0.161. The predicted octanol–water partition coefficient (Wildman–Crippen LogP) is 1.00. The lowest BCUT2D eigenvalue weighted by Crippen LogP contribution is -2.40. The smallest absolute Gasteiger partial charge is 0.188 e. The van der Waals surface area contributed by atoms with Crippen LogP contribution < -0.4 is 5.73 Å². The van der Waals surface area contributed by atoms with Crippen LogP contribution in [0.5, 0.6) is 0 Å². The Labute approximate surface area is 62.7 Å². The van der Waals surface area contributed by atoms with Crippen molar-refractivity contribution in [2.45, 2.75) is 32.7 Å². The standard InChI is InChI=1S/C7H17N3/c1-4-6(5-2)10(3)7(8)9/h6H,4-5H2,1-3H3,(H3,8,9). The van der Waals surface area contributed by atoms with Crippen LogP contribution in [-0.4, -0.2) is 23.9 Å². The highest BCUT2D eigenvalue weighted by Gasteiger charge is 2.09. The molecule has 3 N–H and O–H groups in total. The number of rotatable bonds is 3. The lowest BCUT2D eigenvalue weighted by Gasteiger charge is -2.25. The minimum Gasteiger partial charge on any atom is -0.370 e. The normalized spacial score (nSPS) is 10.0. The Bertz CT molecular complexity index is 107. The van der Waals surface area contributed by atoms with E-state index in [-0.39, 0.29) is 5.96 Å². The lowest BCUT2D eigenvalue weighted by molar-refractivity contribution is 0.340. The Morgan fingerprint density at radius 1 is 1.50 bits per heavy atom. The molecule has 0 spiro atoms. The maximum absolute atomic E-state index is 7.14. The number of hydrogen-bond donors (Lipinski definition) is 2. The molecule has 0 unspecified atom stereocenters. The summed E-state index contributed by atoms with van der Waals surface area (Å²) in [6.45, 7) is 4.21. The molecule has 0 aliphatic rings. The summed E-state index contributed by atoms with van der Waals surface area (Å²) in [7, 11) is 1.86. The Kier molecular flexibility index (Phi) is 3.84. The fourth-order valence-electron chi connectivity index (χ4n) is 1.03. The average molecular weight is 143 g/mol. The molecule has 0 saturated carbocycles. The van der Waals surface area contributed by atoms with Crippen LogP contribution in [0.25, 0.3) is 0 Å². The highest BCUT2D eigenvalue weighted by atomic mass is 15.2. The first-order chi connectivity index (χ1) is 4.63. The average Bonchev–Trinajstić information content (AvgIpc) is 1.90. The van der Waals surface area contributed by atoms with Crippen molar-refractivity contribution in [3.05, 3.63) is 0 Å². The van der Waals surface area contributed by atoms with Gasteiger partial charge >= 0.3 is 0 Å². The van der Waals surface area contributed by atoms with Crippen molar-refractivity contribution in [1.29, 1.82) is 5.41 Å². The molecule has 0 amide bonds. The van der Waals surface area contributed by atoms with Crippen LogP contribution >= 0.6 is 0 Å². The summed E-state index contributed by atoms with van der Waals surface area (Å²) in [6.07, 6.45) is 2.10. The third-order valence-electron chi connectivity index (χ3n) is 1.87. The monoisotopic (exact) mass is 143 g/mol. The molecular weight excluding hydrogens is 126 g/mol. The van der Waals surface area contributed by atoms with Gasteiger partial charge in [0.15, 0.2) is 5.96 Å². The molecule has 0 atom stereocenters. The second kappa shape index (κ2) is 4.14.